The van der Waals surface area contributed by atoms with Crippen molar-refractivity contribution in [2.45, 2.75) is 20.1 Å². The topological polar surface area (TPSA) is 34.2 Å². The normalized spacial score (nSPS) is 10.6. The largest absolute Gasteiger partial charge is 0.486 e. The van der Waals surface area contributed by atoms with Crippen molar-refractivity contribution >= 4 is 27.3 Å². The lowest BCUT2D eigenvalue weighted by atomic mass is 10.3. The SMILES string of the molecule is CNCc1nc(C)ccc1OCc1sccc1Br. The highest BCUT2D eigenvalue weighted by atomic mass is 79.9. The van der Waals surface area contributed by atoms with Crippen LogP contribution in [0.15, 0.2) is 28.1 Å². The lowest BCUT2D eigenvalue weighted by Crippen LogP contribution is -2.10. The van der Waals surface area contributed by atoms with Crippen LogP contribution in [0.2, 0.25) is 0 Å². The van der Waals surface area contributed by atoms with Crippen LogP contribution in [-0.2, 0) is 13.2 Å². The lowest BCUT2D eigenvalue weighted by molar-refractivity contribution is 0.303. The van der Waals surface area contributed by atoms with E-state index in [1.807, 2.05) is 37.6 Å². The molecule has 0 aliphatic carbocycles. The molecule has 5 heteroatoms. The van der Waals surface area contributed by atoms with E-state index < -0.39 is 0 Å². The lowest BCUT2D eigenvalue weighted by Gasteiger charge is -2.10. The Hall–Kier alpha value is -0.910. The minimum Gasteiger partial charge on any atom is -0.486 e. The van der Waals surface area contributed by atoms with Crippen molar-refractivity contribution in [3.05, 3.63) is 44.3 Å². The first kappa shape index (κ1) is 13.5. The van der Waals surface area contributed by atoms with Gasteiger partial charge in [-0.1, -0.05) is 0 Å². The van der Waals surface area contributed by atoms with Crippen LogP contribution in [0.1, 0.15) is 16.3 Å². The second-order valence-corrected chi connectivity index (χ2v) is 5.76. The summed E-state index contributed by atoms with van der Waals surface area (Å²) < 4.78 is 6.95. The predicted octanol–water partition coefficient (Wildman–Crippen LogP) is 3.51. The van der Waals surface area contributed by atoms with Crippen LogP contribution in [-0.4, -0.2) is 12.0 Å². The highest BCUT2D eigenvalue weighted by Gasteiger charge is 2.07. The molecule has 0 fully saturated rings. The van der Waals surface area contributed by atoms with Crippen molar-refractivity contribution in [3.63, 3.8) is 0 Å². The van der Waals surface area contributed by atoms with Gasteiger partial charge in [0.25, 0.3) is 0 Å². The van der Waals surface area contributed by atoms with E-state index in [4.69, 9.17) is 4.74 Å². The summed E-state index contributed by atoms with van der Waals surface area (Å²) in [4.78, 5) is 5.68. The van der Waals surface area contributed by atoms with Crippen molar-refractivity contribution in [2.24, 2.45) is 0 Å². The Morgan fingerprint density at radius 2 is 2.22 bits per heavy atom. The Labute approximate surface area is 119 Å². The maximum Gasteiger partial charge on any atom is 0.142 e. The van der Waals surface area contributed by atoms with Gasteiger partial charge in [-0.2, -0.15) is 0 Å². The molecule has 2 aromatic rings. The van der Waals surface area contributed by atoms with Gasteiger partial charge >= 0.3 is 0 Å². The molecule has 2 rings (SSSR count). The van der Waals surface area contributed by atoms with E-state index in [9.17, 15) is 0 Å². The van der Waals surface area contributed by atoms with Gasteiger partial charge < -0.3 is 10.1 Å². The fourth-order valence-corrected chi connectivity index (χ4v) is 2.97. The maximum atomic E-state index is 5.85. The summed E-state index contributed by atoms with van der Waals surface area (Å²) >= 11 is 5.19. The summed E-state index contributed by atoms with van der Waals surface area (Å²) in [5, 5.41) is 5.15. The molecular formula is C13H15BrN2OS. The van der Waals surface area contributed by atoms with Crippen LogP contribution in [0.25, 0.3) is 0 Å². The van der Waals surface area contributed by atoms with E-state index in [0.717, 1.165) is 21.6 Å². The van der Waals surface area contributed by atoms with Gasteiger partial charge in [0.15, 0.2) is 0 Å². The minimum absolute atomic E-state index is 0.569. The third-order valence-corrected chi connectivity index (χ3v) is 4.37. The maximum absolute atomic E-state index is 5.85. The van der Waals surface area contributed by atoms with Gasteiger partial charge in [0, 0.05) is 16.7 Å². The second-order valence-electron chi connectivity index (χ2n) is 3.91. The van der Waals surface area contributed by atoms with Gasteiger partial charge in [-0.15, -0.1) is 11.3 Å². The van der Waals surface area contributed by atoms with Crippen LogP contribution in [0, 0.1) is 6.92 Å². The summed E-state index contributed by atoms with van der Waals surface area (Å²) in [6, 6.07) is 5.99. The molecule has 0 spiro atoms. The average Bonchev–Trinajstić information content (AvgIpc) is 2.74. The summed E-state index contributed by atoms with van der Waals surface area (Å²) in [5.41, 5.74) is 1.95. The zero-order chi connectivity index (χ0) is 13.0. The summed E-state index contributed by atoms with van der Waals surface area (Å²) in [5.74, 6) is 0.843. The number of ether oxygens (including phenoxy) is 1. The predicted molar refractivity (Wildman–Crippen MR) is 78.1 cm³/mol. The quantitative estimate of drug-likeness (QED) is 0.912. The van der Waals surface area contributed by atoms with E-state index in [0.29, 0.717) is 13.2 Å². The third kappa shape index (κ3) is 3.31. The molecule has 0 unspecified atom stereocenters. The van der Waals surface area contributed by atoms with Crippen LogP contribution in [0.5, 0.6) is 5.75 Å². The first-order valence-electron chi connectivity index (χ1n) is 5.66. The highest BCUT2D eigenvalue weighted by Crippen LogP contribution is 2.25. The Morgan fingerprint density at radius 1 is 1.39 bits per heavy atom. The highest BCUT2D eigenvalue weighted by molar-refractivity contribution is 9.10. The molecule has 0 aliphatic rings. The van der Waals surface area contributed by atoms with Gasteiger partial charge in [0.1, 0.15) is 12.4 Å². The summed E-state index contributed by atoms with van der Waals surface area (Å²) in [6.45, 7) is 3.27. The number of halogens is 1. The number of rotatable bonds is 5. The first-order chi connectivity index (χ1) is 8.70. The van der Waals surface area contributed by atoms with Crippen molar-refractivity contribution in [2.75, 3.05) is 7.05 Å². The molecule has 0 atom stereocenters. The van der Waals surface area contributed by atoms with Gasteiger partial charge in [0.2, 0.25) is 0 Å². The van der Waals surface area contributed by atoms with Crippen LogP contribution >= 0.6 is 27.3 Å². The van der Waals surface area contributed by atoms with Gasteiger partial charge in [-0.3, -0.25) is 4.98 Å². The molecule has 3 nitrogen and oxygen atoms in total. The van der Waals surface area contributed by atoms with Crippen LogP contribution < -0.4 is 10.1 Å². The number of nitrogens with one attached hydrogen (secondary N) is 1. The van der Waals surface area contributed by atoms with Crippen LogP contribution in [0.4, 0.5) is 0 Å². The Kier molecular flexibility index (Phi) is 4.74. The fraction of sp³-hybridized carbons (Fsp3) is 0.308. The second kappa shape index (κ2) is 6.31. The molecule has 0 bridgehead atoms. The molecule has 96 valence electrons. The molecule has 0 radical (unpaired) electrons. The van der Waals surface area contributed by atoms with Crippen molar-refractivity contribution in [1.82, 2.24) is 10.3 Å². The Morgan fingerprint density at radius 3 is 2.89 bits per heavy atom. The summed E-state index contributed by atoms with van der Waals surface area (Å²) in [7, 11) is 1.91. The third-order valence-electron chi connectivity index (χ3n) is 2.47. The molecule has 0 amide bonds. The average molecular weight is 327 g/mol. The summed E-state index contributed by atoms with van der Waals surface area (Å²) in [6.07, 6.45) is 0. The Balaban J connectivity index is 2.11. The number of aryl methyl sites for hydroxylation is 1. The fourth-order valence-electron chi connectivity index (χ4n) is 1.59. The molecule has 2 aromatic heterocycles. The molecule has 2 heterocycles. The Bertz CT molecular complexity index is 527. The number of hydrogen-bond acceptors (Lipinski definition) is 4. The van der Waals surface area contributed by atoms with E-state index in [1.165, 1.54) is 4.88 Å². The van der Waals surface area contributed by atoms with Crippen molar-refractivity contribution < 1.29 is 4.74 Å². The molecule has 18 heavy (non-hydrogen) atoms. The van der Waals surface area contributed by atoms with Gasteiger partial charge in [-0.05, 0) is 53.5 Å². The molecule has 0 saturated heterocycles. The smallest absolute Gasteiger partial charge is 0.142 e. The minimum atomic E-state index is 0.569. The monoisotopic (exact) mass is 326 g/mol. The van der Waals surface area contributed by atoms with E-state index in [-0.39, 0.29) is 0 Å². The van der Waals surface area contributed by atoms with E-state index >= 15 is 0 Å². The van der Waals surface area contributed by atoms with E-state index in [2.05, 4.69) is 26.2 Å². The number of thiophene rings is 1. The molecular weight excluding hydrogens is 312 g/mol. The molecule has 0 saturated carbocycles. The number of aromatic nitrogens is 1. The number of pyridine rings is 1. The van der Waals surface area contributed by atoms with Crippen LogP contribution in [0.3, 0.4) is 0 Å². The molecule has 0 aliphatic heterocycles. The zero-order valence-corrected chi connectivity index (χ0v) is 12.8. The first-order valence-corrected chi connectivity index (χ1v) is 7.33. The number of hydrogen-bond donors (Lipinski definition) is 1. The molecule has 1 N–H and O–H groups in total. The van der Waals surface area contributed by atoms with Crippen molar-refractivity contribution in [3.8, 4) is 5.75 Å². The zero-order valence-electron chi connectivity index (χ0n) is 10.4. The van der Waals surface area contributed by atoms with Gasteiger partial charge in [0.05, 0.1) is 10.6 Å². The van der Waals surface area contributed by atoms with Crippen molar-refractivity contribution in [1.29, 1.82) is 0 Å². The molecule has 0 aromatic carbocycles. The van der Waals surface area contributed by atoms with Gasteiger partial charge in [-0.25, -0.2) is 0 Å². The standard InChI is InChI=1S/C13H15BrN2OS/c1-9-3-4-12(11(16-9)7-15-2)17-8-13-10(14)5-6-18-13/h3-6,15H,7-8H2,1-2H3. The van der Waals surface area contributed by atoms with E-state index in [1.54, 1.807) is 11.3 Å². The number of nitrogens with zero attached hydrogens (tertiary/aromatic N) is 1.